The lowest BCUT2D eigenvalue weighted by atomic mass is 10.1. The van der Waals surface area contributed by atoms with Crippen molar-refractivity contribution >= 4 is 29.4 Å². The Balaban J connectivity index is 2.68. The minimum Gasteiger partial charge on any atom is -0.481 e. The van der Waals surface area contributed by atoms with Gasteiger partial charge in [-0.1, -0.05) is 11.6 Å². The van der Waals surface area contributed by atoms with Gasteiger partial charge in [-0.15, -0.1) is 0 Å². The predicted octanol–water partition coefficient (Wildman–Crippen LogP) is 0.178. The fourth-order valence-corrected chi connectivity index (χ4v) is 1.28. The first-order chi connectivity index (χ1) is 8.90. The number of hydrogen-bond acceptors (Lipinski definition) is 5. The lowest BCUT2D eigenvalue weighted by Gasteiger charge is -2.12. The van der Waals surface area contributed by atoms with Crippen molar-refractivity contribution in [2.24, 2.45) is 0 Å². The largest absolute Gasteiger partial charge is 0.481 e. The number of nitrogens with zero attached hydrogens (tertiary/aromatic N) is 2. The van der Waals surface area contributed by atoms with Crippen molar-refractivity contribution in [3.63, 3.8) is 0 Å². The number of carboxylic acid groups (broad SMARTS) is 2. The molecule has 1 rings (SSSR count). The van der Waals surface area contributed by atoms with Gasteiger partial charge in [0.2, 0.25) is 0 Å². The summed E-state index contributed by atoms with van der Waals surface area (Å²) in [7, 11) is 0. The summed E-state index contributed by atoms with van der Waals surface area (Å²) >= 11 is 5.49. The van der Waals surface area contributed by atoms with Crippen LogP contribution in [0.4, 0.5) is 0 Å². The first-order valence-electron chi connectivity index (χ1n) is 5.13. The molecule has 19 heavy (non-hydrogen) atoms. The van der Waals surface area contributed by atoms with Crippen molar-refractivity contribution in [2.75, 3.05) is 0 Å². The molecule has 0 radical (unpaired) electrons. The summed E-state index contributed by atoms with van der Waals surface area (Å²) in [6.45, 7) is 0. The van der Waals surface area contributed by atoms with E-state index in [0.29, 0.717) is 0 Å². The van der Waals surface area contributed by atoms with E-state index in [1.54, 1.807) is 0 Å². The summed E-state index contributed by atoms with van der Waals surface area (Å²) in [5.74, 6) is -3.23. The molecule has 1 aromatic heterocycles. The van der Waals surface area contributed by atoms with Gasteiger partial charge in [-0.2, -0.15) is 0 Å². The molecule has 1 amide bonds. The van der Waals surface area contributed by atoms with Gasteiger partial charge in [-0.05, 0) is 6.42 Å². The highest BCUT2D eigenvalue weighted by molar-refractivity contribution is 6.29. The SMILES string of the molecule is O=C(O)CC[C@H](NC(=O)c1cnc(Cl)cn1)C(=O)O. The van der Waals surface area contributed by atoms with E-state index in [0.717, 1.165) is 12.4 Å². The molecule has 0 saturated carbocycles. The third-order valence-corrected chi connectivity index (χ3v) is 2.30. The zero-order valence-corrected chi connectivity index (χ0v) is 10.3. The van der Waals surface area contributed by atoms with Crippen LogP contribution in [0.25, 0.3) is 0 Å². The van der Waals surface area contributed by atoms with Crippen molar-refractivity contribution < 1.29 is 24.6 Å². The minimum atomic E-state index is -1.32. The maximum Gasteiger partial charge on any atom is 0.326 e. The summed E-state index contributed by atoms with van der Waals surface area (Å²) in [5.41, 5.74) is -0.106. The average molecular weight is 288 g/mol. The average Bonchev–Trinajstić information content (AvgIpc) is 2.34. The Labute approximate surface area is 112 Å². The number of rotatable bonds is 6. The summed E-state index contributed by atoms with van der Waals surface area (Å²) in [4.78, 5) is 40.2. The molecule has 1 heterocycles. The highest BCUT2D eigenvalue weighted by Gasteiger charge is 2.22. The van der Waals surface area contributed by atoms with Crippen LogP contribution in [0.2, 0.25) is 5.15 Å². The van der Waals surface area contributed by atoms with Crippen molar-refractivity contribution in [1.82, 2.24) is 15.3 Å². The molecule has 0 aliphatic carbocycles. The molecule has 0 unspecified atom stereocenters. The predicted molar refractivity (Wildman–Crippen MR) is 62.8 cm³/mol. The topological polar surface area (TPSA) is 129 Å². The molecule has 1 aromatic rings. The van der Waals surface area contributed by atoms with Crippen LogP contribution in [0.3, 0.4) is 0 Å². The number of nitrogens with one attached hydrogen (secondary N) is 1. The molecule has 0 aliphatic rings. The van der Waals surface area contributed by atoms with Crippen LogP contribution in [0.15, 0.2) is 12.4 Å². The Morgan fingerprint density at radius 2 is 1.95 bits per heavy atom. The first-order valence-corrected chi connectivity index (χ1v) is 5.51. The number of halogens is 1. The third-order valence-electron chi connectivity index (χ3n) is 2.10. The maximum atomic E-state index is 11.6. The quantitative estimate of drug-likeness (QED) is 0.680. The van der Waals surface area contributed by atoms with Gasteiger partial charge < -0.3 is 15.5 Å². The van der Waals surface area contributed by atoms with Crippen LogP contribution in [-0.2, 0) is 9.59 Å². The lowest BCUT2D eigenvalue weighted by Crippen LogP contribution is -2.41. The van der Waals surface area contributed by atoms with E-state index in [-0.39, 0.29) is 23.7 Å². The van der Waals surface area contributed by atoms with Gasteiger partial charge in [0.1, 0.15) is 16.9 Å². The second kappa shape index (κ2) is 6.64. The fraction of sp³-hybridized carbons (Fsp3) is 0.300. The van der Waals surface area contributed by atoms with Crippen LogP contribution in [0.5, 0.6) is 0 Å². The van der Waals surface area contributed by atoms with Crippen LogP contribution in [0.1, 0.15) is 23.3 Å². The summed E-state index contributed by atoms with van der Waals surface area (Å²) in [6, 6.07) is -1.30. The second-order valence-electron chi connectivity index (χ2n) is 3.52. The van der Waals surface area contributed by atoms with Crippen molar-refractivity contribution in [3.05, 3.63) is 23.2 Å². The Bertz CT molecular complexity index is 490. The molecule has 9 heteroatoms. The normalized spacial score (nSPS) is 11.6. The Kier molecular flexibility index (Phi) is 5.19. The lowest BCUT2D eigenvalue weighted by molar-refractivity contribution is -0.140. The number of hydrogen-bond donors (Lipinski definition) is 3. The first kappa shape index (κ1) is 14.8. The molecule has 3 N–H and O–H groups in total. The number of aromatic nitrogens is 2. The van der Waals surface area contributed by atoms with Gasteiger partial charge in [-0.25, -0.2) is 14.8 Å². The minimum absolute atomic E-state index is 0.0946. The number of carbonyl (C=O) groups is 3. The van der Waals surface area contributed by atoms with E-state index in [4.69, 9.17) is 21.8 Å². The molecule has 0 aliphatic heterocycles. The van der Waals surface area contributed by atoms with Gasteiger partial charge >= 0.3 is 11.9 Å². The molecule has 0 bridgehead atoms. The monoisotopic (exact) mass is 287 g/mol. The van der Waals surface area contributed by atoms with Crippen molar-refractivity contribution in [2.45, 2.75) is 18.9 Å². The molecule has 0 saturated heterocycles. The Hall–Kier alpha value is -2.22. The maximum absolute atomic E-state index is 11.6. The molecular weight excluding hydrogens is 278 g/mol. The van der Waals surface area contributed by atoms with Crippen molar-refractivity contribution in [3.8, 4) is 0 Å². The number of amides is 1. The number of carboxylic acids is 2. The molecule has 1 atom stereocenters. The highest BCUT2D eigenvalue weighted by Crippen LogP contribution is 2.03. The van der Waals surface area contributed by atoms with Gasteiger partial charge in [-0.3, -0.25) is 9.59 Å². The summed E-state index contributed by atoms with van der Waals surface area (Å²) < 4.78 is 0. The van der Waals surface area contributed by atoms with Crippen LogP contribution in [0, 0.1) is 0 Å². The molecule has 8 nitrogen and oxygen atoms in total. The van der Waals surface area contributed by atoms with E-state index in [2.05, 4.69) is 15.3 Å². The smallest absolute Gasteiger partial charge is 0.326 e. The molecular formula is C10H10ClN3O5. The Morgan fingerprint density at radius 3 is 2.42 bits per heavy atom. The molecule has 0 fully saturated rings. The number of aliphatic carboxylic acids is 2. The summed E-state index contributed by atoms with van der Waals surface area (Å²) in [5, 5.41) is 19.6. The molecule has 0 aromatic carbocycles. The Morgan fingerprint density at radius 1 is 1.26 bits per heavy atom. The van der Waals surface area contributed by atoms with E-state index >= 15 is 0 Å². The van der Waals surface area contributed by atoms with Crippen LogP contribution >= 0.6 is 11.6 Å². The molecule has 0 spiro atoms. The highest BCUT2D eigenvalue weighted by atomic mass is 35.5. The van der Waals surface area contributed by atoms with Gasteiger partial charge in [0, 0.05) is 6.42 Å². The van der Waals surface area contributed by atoms with Gasteiger partial charge in [0.15, 0.2) is 0 Å². The van der Waals surface area contributed by atoms with E-state index in [9.17, 15) is 14.4 Å². The second-order valence-corrected chi connectivity index (χ2v) is 3.91. The summed E-state index contributed by atoms with van der Waals surface area (Å²) in [6.07, 6.45) is 1.64. The standard InChI is InChI=1S/C10H10ClN3O5/c11-7-4-12-6(3-13-7)9(17)14-5(10(18)19)1-2-8(15)16/h3-5H,1-2H2,(H,14,17)(H,15,16)(H,18,19)/t5-/m0/s1. The van der Waals surface area contributed by atoms with Crippen LogP contribution in [-0.4, -0.2) is 44.1 Å². The third kappa shape index (κ3) is 4.88. The zero-order valence-electron chi connectivity index (χ0n) is 9.54. The van der Waals surface area contributed by atoms with Gasteiger partial charge in [0.05, 0.1) is 12.4 Å². The van der Waals surface area contributed by atoms with E-state index < -0.39 is 23.9 Å². The van der Waals surface area contributed by atoms with Gasteiger partial charge in [0.25, 0.3) is 5.91 Å². The molecule has 102 valence electrons. The van der Waals surface area contributed by atoms with E-state index in [1.165, 1.54) is 0 Å². The number of carbonyl (C=O) groups excluding carboxylic acids is 1. The van der Waals surface area contributed by atoms with E-state index in [1.807, 2.05) is 0 Å². The fourth-order valence-electron chi connectivity index (χ4n) is 1.19. The van der Waals surface area contributed by atoms with Crippen molar-refractivity contribution in [1.29, 1.82) is 0 Å². The van der Waals surface area contributed by atoms with Crippen LogP contribution < -0.4 is 5.32 Å². The zero-order chi connectivity index (χ0) is 14.4.